The van der Waals surface area contributed by atoms with Gasteiger partial charge in [-0.05, 0) is 11.5 Å². The van der Waals surface area contributed by atoms with Crippen LogP contribution in [0.2, 0.25) is 0 Å². The molecule has 1 amide bonds. The van der Waals surface area contributed by atoms with Crippen molar-refractivity contribution in [3.63, 3.8) is 0 Å². The van der Waals surface area contributed by atoms with Crippen molar-refractivity contribution in [2.45, 2.75) is 26.4 Å². The van der Waals surface area contributed by atoms with Crippen molar-refractivity contribution in [1.29, 1.82) is 0 Å². The molecule has 1 heterocycles. The number of hydrogen-bond donors (Lipinski definition) is 1. The SMILES string of the molecule is CC(C)[C@@H]1C(=O)N=CC(O)=CN1Cc1ccccc1. The Kier molecular flexibility index (Phi) is 4.00. The maximum absolute atomic E-state index is 12.0. The summed E-state index contributed by atoms with van der Waals surface area (Å²) >= 11 is 0. The predicted octanol–water partition coefficient (Wildman–Crippen LogP) is 2.52. The average molecular weight is 258 g/mol. The van der Waals surface area contributed by atoms with Gasteiger partial charge >= 0.3 is 0 Å². The fraction of sp³-hybridized carbons (Fsp3) is 0.333. The molecule has 0 saturated carbocycles. The van der Waals surface area contributed by atoms with Crippen LogP contribution in [0.1, 0.15) is 19.4 Å². The van der Waals surface area contributed by atoms with Crippen molar-refractivity contribution >= 4 is 12.1 Å². The smallest absolute Gasteiger partial charge is 0.268 e. The lowest BCUT2D eigenvalue weighted by molar-refractivity contribution is -0.123. The van der Waals surface area contributed by atoms with Crippen molar-refractivity contribution in [1.82, 2.24) is 4.90 Å². The van der Waals surface area contributed by atoms with E-state index in [9.17, 15) is 9.90 Å². The molecule has 1 aliphatic heterocycles. The van der Waals surface area contributed by atoms with E-state index < -0.39 is 0 Å². The van der Waals surface area contributed by atoms with Crippen LogP contribution >= 0.6 is 0 Å². The summed E-state index contributed by atoms with van der Waals surface area (Å²) in [6.07, 6.45) is 2.80. The molecule has 0 fully saturated rings. The van der Waals surface area contributed by atoms with E-state index in [2.05, 4.69) is 4.99 Å². The van der Waals surface area contributed by atoms with Gasteiger partial charge in [0.05, 0.1) is 6.21 Å². The fourth-order valence-corrected chi connectivity index (χ4v) is 2.24. The summed E-state index contributed by atoms with van der Waals surface area (Å²) in [4.78, 5) is 17.6. The summed E-state index contributed by atoms with van der Waals surface area (Å²) in [6, 6.07) is 9.52. The topological polar surface area (TPSA) is 52.9 Å². The van der Waals surface area contributed by atoms with Crippen LogP contribution in [0.15, 0.2) is 47.3 Å². The molecule has 0 unspecified atom stereocenters. The number of aliphatic hydroxyl groups excluding tert-OH is 1. The van der Waals surface area contributed by atoms with Crippen molar-refractivity contribution < 1.29 is 9.90 Å². The molecule has 0 spiro atoms. The van der Waals surface area contributed by atoms with Crippen LogP contribution in [-0.4, -0.2) is 28.2 Å². The number of aliphatic hydroxyl groups is 1. The lowest BCUT2D eigenvalue weighted by Gasteiger charge is -2.30. The Balaban J connectivity index is 2.28. The molecule has 0 radical (unpaired) electrons. The summed E-state index contributed by atoms with van der Waals surface area (Å²) in [7, 11) is 0. The van der Waals surface area contributed by atoms with Crippen molar-refractivity contribution in [3.05, 3.63) is 47.9 Å². The molecule has 1 aliphatic rings. The molecule has 19 heavy (non-hydrogen) atoms. The number of hydrogen-bond acceptors (Lipinski definition) is 3. The van der Waals surface area contributed by atoms with E-state index in [1.165, 1.54) is 6.21 Å². The summed E-state index contributed by atoms with van der Waals surface area (Å²) in [5, 5.41) is 9.67. The number of amides is 1. The predicted molar refractivity (Wildman–Crippen MR) is 74.8 cm³/mol. The Morgan fingerprint density at radius 2 is 2.00 bits per heavy atom. The molecule has 100 valence electrons. The highest BCUT2D eigenvalue weighted by Crippen LogP contribution is 2.19. The lowest BCUT2D eigenvalue weighted by Crippen LogP contribution is -2.40. The molecule has 0 saturated heterocycles. The summed E-state index contributed by atoms with van der Waals surface area (Å²) in [5.74, 6) is -0.0887. The van der Waals surface area contributed by atoms with E-state index in [0.29, 0.717) is 6.54 Å². The van der Waals surface area contributed by atoms with Gasteiger partial charge in [0.25, 0.3) is 5.91 Å². The minimum absolute atomic E-state index is 0.00688. The highest BCUT2D eigenvalue weighted by Gasteiger charge is 2.28. The first-order chi connectivity index (χ1) is 9.08. The Labute approximate surface area is 113 Å². The Morgan fingerprint density at radius 3 is 2.63 bits per heavy atom. The third-order valence-corrected chi connectivity index (χ3v) is 3.07. The van der Waals surface area contributed by atoms with Crippen LogP contribution in [0.3, 0.4) is 0 Å². The van der Waals surface area contributed by atoms with E-state index in [1.54, 1.807) is 6.20 Å². The van der Waals surface area contributed by atoms with Crippen molar-refractivity contribution in [2.24, 2.45) is 10.9 Å². The number of benzene rings is 1. The highest BCUT2D eigenvalue weighted by atomic mass is 16.3. The second-order valence-corrected chi connectivity index (χ2v) is 5.00. The second-order valence-electron chi connectivity index (χ2n) is 5.00. The van der Waals surface area contributed by atoms with Crippen LogP contribution in [0.4, 0.5) is 0 Å². The Hall–Kier alpha value is -2.10. The zero-order chi connectivity index (χ0) is 13.8. The van der Waals surface area contributed by atoms with Gasteiger partial charge < -0.3 is 10.0 Å². The van der Waals surface area contributed by atoms with Gasteiger partial charge in [-0.15, -0.1) is 0 Å². The maximum Gasteiger partial charge on any atom is 0.268 e. The molecule has 2 rings (SSSR count). The Bertz CT molecular complexity index is 506. The van der Waals surface area contributed by atoms with Crippen LogP contribution in [0, 0.1) is 5.92 Å². The average Bonchev–Trinajstić information content (AvgIpc) is 2.50. The highest BCUT2D eigenvalue weighted by molar-refractivity contribution is 5.94. The van der Waals surface area contributed by atoms with Gasteiger partial charge in [0.15, 0.2) is 0 Å². The van der Waals surface area contributed by atoms with Gasteiger partial charge in [-0.3, -0.25) is 4.79 Å². The van der Waals surface area contributed by atoms with E-state index in [0.717, 1.165) is 5.56 Å². The molecule has 0 aliphatic carbocycles. The number of allylic oxidation sites excluding steroid dienone is 1. The zero-order valence-electron chi connectivity index (χ0n) is 11.2. The standard InChI is InChI=1S/C15H18N2O2/c1-11(2)14-15(19)16-8-13(18)10-17(14)9-12-6-4-3-5-7-12/h3-8,10-11,14,18H,9H2,1-2H3/t14-/m1/s1. The number of rotatable bonds is 3. The molecule has 1 aromatic rings. The van der Waals surface area contributed by atoms with Gasteiger partial charge in [0, 0.05) is 12.7 Å². The van der Waals surface area contributed by atoms with Crippen LogP contribution < -0.4 is 0 Å². The summed E-state index contributed by atoms with van der Waals surface area (Å²) < 4.78 is 0. The first-order valence-corrected chi connectivity index (χ1v) is 6.36. The molecule has 4 heteroatoms. The van der Waals surface area contributed by atoms with E-state index in [-0.39, 0.29) is 23.6 Å². The molecular weight excluding hydrogens is 240 g/mol. The molecule has 0 aromatic heterocycles. The number of carbonyl (C=O) groups is 1. The van der Waals surface area contributed by atoms with E-state index >= 15 is 0 Å². The molecule has 4 nitrogen and oxygen atoms in total. The first-order valence-electron chi connectivity index (χ1n) is 6.36. The first kappa shape index (κ1) is 13.3. The van der Waals surface area contributed by atoms with Crippen LogP contribution in [0.5, 0.6) is 0 Å². The monoisotopic (exact) mass is 258 g/mol. The molecule has 0 bridgehead atoms. The van der Waals surface area contributed by atoms with Gasteiger partial charge in [0.2, 0.25) is 0 Å². The van der Waals surface area contributed by atoms with Gasteiger partial charge in [0.1, 0.15) is 11.8 Å². The number of carbonyl (C=O) groups excluding carboxylic acids is 1. The summed E-state index contributed by atoms with van der Waals surface area (Å²) in [5.41, 5.74) is 1.09. The lowest BCUT2D eigenvalue weighted by atomic mass is 10.0. The van der Waals surface area contributed by atoms with Crippen molar-refractivity contribution in [3.8, 4) is 0 Å². The van der Waals surface area contributed by atoms with Gasteiger partial charge in [-0.1, -0.05) is 44.2 Å². The summed E-state index contributed by atoms with van der Waals surface area (Å²) in [6.45, 7) is 4.53. The number of aliphatic imine (C=N–C) groups is 1. The minimum Gasteiger partial charge on any atom is -0.505 e. The maximum atomic E-state index is 12.0. The number of nitrogens with zero attached hydrogens (tertiary/aromatic N) is 2. The normalized spacial score (nSPS) is 19.5. The van der Waals surface area contributed by atoms with Gasteiger partial charge in [-0.25, -0.2) is 4.99 Å². The molecule has 1 atom stereocenters. The molecular formula is C15H18N2O2. The van der Waals surface area contributed by atoms with Crippen molar-refractivity contribution in [2.75, 3.05) is 0 Å². The van der Waals surface area contributed by atoms with Crippen LogP contribution in [0.25, 0.3) is 0 Å². The quantitative estimate of drug-likeness (QED) is 0.906. The largest absolute Gasteiger partial charge is 0.505 e. The van der Waals surface area contributed by atoms with Crippen LogP contribution in [-0.2, 0) is 11.3 Å². The minimum atomic E-state index is -0.346. The fourth-order valence-electron chi connectivity index (χ4n) is 2.24. The third kappa shape index (κ3) is 3.22. The van der Waals surface area contributed by atoms with E-state index in [1.807, 2.05) is 49.1 Å². The zero-order valence-corrected chi connectivity index (χ0v) is 11.2. The third-order valence-electron chi connectivity index (χ3n) is 3.07. The van der Waals surface area contributed by atoms with Gasteiger partial charge in [-0.2, -0.15) is 0 Å². The molecule has 1 N–H and O–H groups in total. The molecule has 1 aromatic carbocycles. The second kappa shape index (κ2) is 5.69. The Morgan fingerprint density at radius 1 is 1.32 bits per heavy atom. The van der Waals surface area contributed by atoms with E-state index in [4.69, 9.17) is 0 Å².